The molecule has 7 nitrogen and oxygen atoms in total. The number of pyridine rings is 1. The number of hydrogen-bond acceptors (Lipinski definition) is 7. The zero-order valence-corrected chi connectivity index (χ0v) is 12.8. The van der Waals surface area contributed by atoms with E-state index in [0.717, 1.165) is 29.4 Å². The Labute approximate surface area is 125 Å². The molecule has 0 bridgehead atoms. The molecule has 9 heteroatoms. The molecular formula is C12H13N3O4S2. The molecule has 0 saturated heterocycles. The number of thiophene rings is 1. The Kier molecular flexibility index (Phi) is 4.53. The lowest BCUT2D eigenvalue weighted by atomic mass is 10.3. The topological polar surface area (TPSA) is 102 Å². The minimum atomic E-state index is -3.45. The van der Waals surface area contributed by atoms with Gasteiger partial charge in [-0.15, -0.1) is 0 Å². The second-order valence-electron chi connectivity index (χ2n) is 4.31. The van der Waals surface area contributed by atoms with Crippen molar-refractivity contribution in [1.29, 1.82) is 0 Å². The summed E-state index contributed by atoms with van der Waals surface area (Å²) in [4.78, 5) is 14.5. The van der Waals surface area contributed by atoms with Crippen LogP contribution in [0.15, 0.2) is 34.7 Å². The largest absolute Gasteiger partial charge is 0.371 e. The predicted molar refractivity (Wildman–Crippen MR) is 80.5 cm³/mol. The molecule has 21 heavy (non-hydrogen) atoms. The van der Waals surface area contributed by atoms with Gasteiger partial charge >= 0.3 is 5.69 Å². The summed E-state index contributed by atoms with van der Waals surface area (Å²) in [6.07, 6.45) is 3.29. The van der Waals surface area contributed by atoms with E-state index < -0.39 is 14.8 Å². The van der Waals surface area contributed by atoms with Crippen LogP contribution in [0.4, 0.5) is 10.7 Å². The van der Waals surface area contributed by atoms with Gasteiger partial charge < -0.3 is 5.32 Å². The Balaban J connectivity index is 2.12. The summed E-state index contributed by atoms with van der Waals surface area (Å²) in [5.41, 5.74) is 0.633. The van der Waals surface area contributed by atoms with Gasteiger partial charge in [0.1, 0.15) is 4.21 Å². The quantitative estimate of drug-likeness (QED) is 0.644. The second-order valence-corrected chi connectivity index (χ2v) is 7.60. The monoisotopic (exact) mass is 327 g/mol. The molecule has 0 aliphatic heterocycles. The maximum absolute atomic E-state index is 11.5. The second kappa shape index (κ2) is 6.19. The standard InChI is InChI=1S/C12H13N3O4S2/c1-21(18,19)11-8-10(15(16)17)12(20-11)14-7-5-9-4-2-3-6-13-9/h2-4,6,8,14H,5,7H2,1H3. The lowest BCUT2D eigenvalue weighted by Gasteiger charge is -2.03. The number of nitrogens with one attached hydrogen (secondary N) is 1. The van der Waals surface area contributed by atoms with Crippen LogP contribution in [0.3, 0.4) is 0 Å². The average Bonchev–Trinajstić information content (AvgIpc) is 2.84. The number of nitrogens with zero attached hydrogens (tertiary/aromatic N) is 2. The number of anilines is 1. The first-order valence-corrected chi connectivity index (χ1v) is 8.71. The maximum atomic E-state index is 11.5. The molecule has 0 atom stereocenters. The average molecular weight is 327 g/mol. The van der Waals surface area contributed by atoms with Crippen LogP contribution in [-0.2, 0) is 16.3 Å². The van der Waals surface area contributed by atoms with Gasteiger partial charge in [0.05, 0.1) is 4.92 Å². The predicted octanol–water partition coefficient (Wildman–Crippen LogP) is 2.11. The van der Waals surface area contributed by atoms with E-state index in [1.165, 1.54) is 0 Å². The van der Waals surface area contributed by atoms with E-state index >= 15 is 0 Å². The number of aromatic nitrogens is 1. The molecule has 0 unspecified atom stereocenters. The smallest absolute Gasteiger partial charge is 0.304 e. The van der Waals surface area contributed by atoms with E-state index in [1.54, 1.807) is 12.3 Å². The van der Waals surface area contributed by atoms with E-state index in [9.17, 15) is 18.5 Å². The molecule has 112 valence electrons. The van der Waals surface area contributed by atoms with Crippen molar-refractivity contribution in [3.63, 3.8) is 0 Å². The molecule has 2 aromatic rings. The summed E-state index contributed by atoms with van der Waals surface area (Å²) in [7, 11) is -3.45. The first kappa shape index (κ1) is 15.4. The molecule has 0 fully saturated rings. The lowest BCUT2D eigenvalue weighted by molar-refractivity contribution is -0.383. The Morgan fingerprint density at radius 2 is 2.19 bits per heavy atom. The fraction of sp³-hybridized carbons (Fsp3) is 0.250. The number of sulfone groups is 1. The van der Waals surface area contributed by atoms with Crippen LogP contribution in [0.25, 0.3) is 0 Å². The van der Waals surface area contributed by atoms with Crippen molar-refractivity contribution < 1.29 is 13.3 Å². The van der Waals surface area contributed by atoms with Crippen LogP contribution in [-0.4, -0.2) is 31.1 Å². The third-order valence-electron chi connectivity index (χ3n) is 2.64. The van der Waals surface area contributed by atoms with Crippen LogP contribution in [0.1, 0.15) is 5.69 Å². The Morgan fingerprint density at radius 1 is 1.43 bits per heavy atom. The highest BCUT2D eigenvalue weighted by molar-refractivity contribution is 7.92. The molecule has 0 amide bonds. The zero-order valence-electron chi connectivity index (χ0n) is 11.1. The molecule has 0 aliphatic rings. The van der Waals surface area contributed by atoms with E-state index in [2.05, 4.69) is 10.3 Å². The van der Waals surface area contributed by atoms with Gasteiger partial charge in [-0.3, -0.25) is 15.1 Å². The highest BCUT2D eigenvalue weighted by Crippen LogP contribution is 2.36. The summed E-state index contributed by atoms with van der Waals surface area (Å²) < 4.78 is 22.9. The van der Waals surface area contributed by atoms with Gasteiger partial charge in [-0.05, 0) is 12.1 Å². The van der Waals surface area contributed by atoms with Gasteiger partial charge in [0.15, 0.2) is 14.8 Å². The van der Waals surface area contributed by atoms with Gasteiger partial charge in [0.25, 0.3) is 0 Å². The van der Waals surface area contributed by atoms with Crippen molar-refractivity contribution in [2.24, 2.45) is 0 Å². The normalized spacial score (nSPS) is 11.3. The maximum Gasteiger partial charge on any atom is 0.304 e. The Morgan fingerprint density at radius 3 is 2.76 bits per heavy atom. The fourth-order valence-corrected chi connectivity index (χ4v) is 3.62. The van der Waals surface area contributed by atoms with Crippen molar-refractivity contribution >= 4 is 31.9 Å². The molecule has 2 heterocycles. The van der Waals surface area contributed by atoms with Crippen LogP contribution in [0.5, 0.6) is 0 Å². The van der Waals surface area contributed by atoms with Crippen LogP contribution < -0.4 is 5.32 Å². The van der Waals surface area contributed by atoms with E-state index in [-0.39, 0.29) is 14.9 Å². The van der Waals surface area contributed by atoms with Gasteiger partial charge in [-0.1, -0.05) is 17.4 Å². The first-order valence-electron chi connectivity index (χ1n) is 6.00. The number of rotatable bonds is 6. The Hall–Kier alpha value is -2.00. The van der Waals surface area contributed by atoms with Crippen LogP contribution in [0.2, 0.25) is 0 Å². The fourth-order valence-electron chi connectivity index (χ4n) is 1.65. The summed E-state index contributed by atoms with van der Waals surface area (Å²) in [6, 6.07) is 6.60. The van der Waals surface area contributed by atoms with Crippen molar-refractivity contribution in [1.82, 2.24) is 4.98 Å². The molecule has 0 saturated carbocycles. The summed E-state index contributed by atoms with van der Waals surface area (Å²) in [5.74, 6) is 0. The molecule has 2 aromatic heterocycles. The molecule has 0 spiro atoms. The lowest BCUT2D eigenvalue weighted by Crippen LogP contribution is -2.05. The van der Waals surface area contributed by atoms with Gasteiger partial charge in [0.2, 0.25) is 0 Å². The van der Waals surface area contributed by atoms with E-state index in [1.807, 2.05) is 12.1 Å². The minimum Gasteiger partial charge on any atom is -0.371 e. The van der Waals surface area contributed by atoms with Crippen LogP contribution >= 0.6 is 11.3 Å². The molecular weight excluding hydrogens is 314 g/mol. The third kappa shape index (κ3) is 3.99. The van der Waals surface area contributed by atoms with E-state index in [0.29, 0.717) is 13.0 Å². The SMILES string of the molecule is CS(=O)(=O)c1cc([N+](=O)[O-])c(NCCc2ccccn2)s1. The minimum absolute atomic E-state index is 0.0189. The molecule has 0 radical (unpaired) electrons. The highest BCUT2D eigenvalue weighted by Gasteiger charge is 2.23. The summed E-state index contributed by atoms with van der Waals surface area (Å²) in [5, 5.41) is 14.1. The van der Waals surface area contributed by atoms with Crippen LogP contribution in [0, 0.1) is 10.1 Å². The molecule has 0 aromatic carbocycles. The summed E-state index contributed by atoms with van der Waals surface area (Å²) >= 11 is 0.869. The first-order chi connectivity index (χ1) is 9.88. The van der Waals surface area contributed by atoms with E-state index in [4.69, 9.17) is 0 Å². The zero-order chi connectivity index (χ0) is 15.5. The van der Waals surface area contributed by atoms with Gasteiger partial charge in [-0.2, -0.15) is 0 Å². The summed E-state index contributed by atoms with van der Waals surface area (Å²) in [6.45, 7) is 0.432. The van der Waals surface area contributed by atoms with Gasteiger partial charge in [-0.25, -0.2) is 8.42 Å². The third-order valence-corrected chi connectivity index (χ3v) is 5.53. The van der Waals surface area contributed by atoms with Crippen molar-refractivity contribution in [2.45, 2.75) is 10.6 Å². The highest BCUT2D eigenvalue weighted by atomic mass is 32.2. The van der Waals surface area contributed by atoms with Crippen molar-refractivity contribution in [3.05, 3.63) is 46.3 Å². The molecule has 1 N–H and O–H groups in total. The molecule has 2 rings (SSSR count). The number of nitro groups is 1. The number of hydrogen-bond donors (Lipinski definition) is 1. The Bertz CT molecular complexity index is 741. The van der Waals surface area contributed by atoms with Crippen molar-refractivity contribution in [3.8, 4) is 0 Å². The van der Waals surface area contributed by atoms with Crippen molar-refractivity contribution in [2.75, 3.05) is 18.1 Å². The molecule has 0 aliphatic carbocycles. The van der Waals surface area contributed by atoms with Gasteiger partial charge in [0, 0.05) is 37.2 Å².